The third-order valence-corrected chi connectivity index (χ3v) is 5.06. The molecule has 21 heavy (non-hydrogen) atoms. The summed E-state index contributed by atoms with van der Waals surface area (Å²) >= 11 is 12.4. The summed E-state index contributed by atoms with van der Waals surface area (Å²) in [6.07, 6.45) is 2.30. The molecule has 1 aromatic carbocycles. The quantitative estimate of drug-likeness (QED) is 0.841. The predicted molar refractivity (Wildman–Crippen MR) is 90.5 cm³/mol. The molecule has 1 heterocycles. The van der Waals surface area contributed by atoms with Gasteiger partial charge in [0.25, 0.3) is 0 Å². The number of hydrogen-bond acceptors (Lipinski definition) is 3. The summed E-state index contributed by atoms with van der Waals surface area (Å²) < 4.78 is 13.8. The van der Waals surface area contributed by atoms with Gasteiger partial charge in [-0.05, 0) is 38.0 Å². The first-order valence-electron chi connectivity index (χ1n) is 6.69. The molecule has 0 aliphatic carbocycles. The maximum Gasteiger partial charge on any atom is 0.237 e. The summed E-state index contributed by atoms with van der Waals surface area (Å²) in [5, 5.41) is 2.39. The van der Waals surface area contributed by atoms with Gasteiger partial charge in [0.15, 0.2) is 0 Å². The summed E-state index contributed by atoms with van der Waals surface area (Å²) in [7, 11) is 0. The normalized spacial score (nSPS) is 15.9. The number of amides is 1. The van der Waals surface area contributed by atoms with E-state index in [4.69, 9.17) is 23.8 Å². The van der Waals surface area contributed by atoms with Crippen LogP contribution in [0.25, 0.3) is 0 Å². The number of rotatable bonds is 3. The molecule has 1 saturated heterocycles. The molecule has 3 nitrogen and oxygen atoms in total. The van der Waals surface area contributed by atoms with Gasteiger partial charge in [0.05, 0.1) is 10.3 Å². The molecule has 0 bridgehead atoms. The molecule has 1 fully saturated rings. The third kappa shape index (κ3) is 4.56. The zero-order chi connectivity index (χ0) is 15.4. The number of likely N-dealkylation sites (tertiary alicyclic amines) is 1. The Morgan fingerprint density at radius 2 is 2.14 bits per heavy atom. The number of thioether (sulfide) groups is 1. The smallest absolute Gasteiger partial charge is 0.237 e. The van der Waals surface area contributed by atoms with Gasteiger partial charge in [-0.1, -0.05) is 35.6 Å². The van der Waals surface area contributed by atoms with Gasteiger partial charge < -0.3 is 10.2 Å². The first kappa shape index (κ1) is 16.5. The van der Waals surface area contributed by atoms with Gasteiger partial charge in [0, 0.05) is 18.8 Å². The molecule has 7 heteroatoms. The standard InChI is InChI=1S/C14H16ClFN2OS2/c1-9(21-14(20)18-6-2-3-7-18)13(19)17-10-4-5-12(16)11(15)8-10/h4-5,8-9H,2-3,6-7H2,1H3,(H,17,19)/t9-/m0/s1. The number of halogens is 2. The third-order valence-electron chi connectivity index (χ3n) is 3.20. The molecular weight excluding hydrogens is 331 g/mol. The fourth-order valence-electron chi connectivity index (χ4n) is 2.00. The Morgan fingerprint density at radius 3 is 2.76 bits per heavy atom. The van der Waals surface area contributed by atoms with Crippen LogP contribution in [0.1, 0.15) is 19.8 Å². The van der Waals surface area contributed by atoms with Gasteiger partial charge in [0.2, 0.25) is 5.91 Å². The van der Waals surface area contributed by atoms with E-state index in [-0.39, 0.29) is 16.2 Å². The van der Waals surface area contributed by atoms with Crippen LogP contribution in [-0.2, 0) is 4.79 Å². The molecule has 1 aliphatic rings. The Hall–Kier alpha value is -0.850. The van der Waals surface area contributed by atoms with E-state index in [1.165, 1.54) is 30.0 Å². The molecule has 1 aromatic rings. The highest BCUT2D eigenvalue weighted by Gasteiger charge is 2.21. The molecule has 2 rings (SSSR count). The van der Waals surface area contributed by atoms with Crippen LogP contribution in [0, 0.1) is 5.82 Å². The topological polar surface area (TPSA) is 32.3 Å². The van der Waals surface area contributed by atoms with E-state index in [9.17, 15) is 9.18 Å². The van der Waals surface area contributed by atoms with E-state index >= 15 is 0 Å². The minimum Gasteiger partial charge on any atom is -0.358 e. The van der Waals surface area contributed by atoms with Crippen molar-refractivity contribution in [2.75, 3.05) is 18.4 Å². The number of thiocarbonyl (C=S) groups is 1. The molecule has 0 saturated carbocycles. The largest absolute Gasteiger partial charge is 0.358 e. The van der Waals surface area contributed by atoms with Crippen LogP contribution in [0.2, 0.25) is 5.02 Å². The van der Waals surface area contributed by atoms with Crippen molar-refractivity contribution in [2.45, 2.75) is 25.0 Å². The van der Waals surface area contributed by atoms with Crippen molar-refractivity contribution in [3.8, 4) is 0 Å². The monoisotopic (exact) mass is 346 g/mol. The van der Waals surface area contributed by atoms with E-state index in [0.717, 1.165) is 30.3 Å². The Kier molecular flexibility index (Phi) is 5.84. The first-order chi connectivity index (χ1) is 9.97. The van der Waals surface area contributed by atoms with Crippen LogP contribution in [0.5, 0.6) is 0 Å². The van der Waals surface area contributed by atoms with Gasteiger partial charge in [-0.3, -0.25) is 4.79 Å². The van der Waals surface area contributed by atoms with Crippen LogP contribution < -0.4 is 5.32 Å². The Bertz CT molecular complexity index is 550. The summed E-state index contributed by atoms with van der Waals surface area (Å²) in [4.78, 5) is 14.2. The molecule has 114 valence electrons. The van der Waals surface area contributed by atoms with E-state index in [0.29, 0.717) is 5.69 Å². The van der Waals surface area contributed by atoms with Crippen LogP contribution in [0.3, 0.4) is 0 Å². The molecule has 0 aromatic heterocycles. The zero-order valence-electron chi connectivity index (χ0n) is 11.6. The number of nitrogens with one attached hydrogen (secondary N) is 1. The van der Waals surface area contributed by atoms with Gasteiger partial charge in [-0.15, -0.1) is 0 Å². The summed E-state index contributed by atoms with van der Waals surface area (Å²) in [6, 6.07) is 4.10. The highest BCUT2D eigenvalue weighted by atomic mass is 35.5. The number of hydrogen-bond donors (Lipinski definition) is 1. The van der Waals surface area contributed by atoms with E-state index in [2.05, 4.69) is 10.2 Å². The number of carbonyl (C=O) groups excluding carboxylic acids is 1. The molecule has 1 N–H and O–H groups in total. The summed E-state index contributed by atoms with van der Waals surface area (Å²) in [6.45, 7) is 3.73. The Morgan fingerprint density at radius 1 is 1.48 bits per heavy atom. The van der Waals surface area contributed by atoms with Crippen molar-refractivity contribution >= 4 is 51.5 Å². The van der Waals surface area contributed by atoms with Gasteiger partial charge in [0.1, 0.15) is 10.1 Å². The van der Waals surface area contributed by atoms with Crippen molar-refractivity contribution in [3.05, 3.63) is 29.0 Å². The lowest BCUT2D eigenvalue weighted by molar-refractivity contribution is -0.115. The zero-order valence-corrected chi connectivity index (χ0v) is 14.0. The maximum absolute atomic E-state index is 13.1. The highest BCUT2D eigenvalue weighted by Crippen LogP contribution is 2.23. The fraction of sp³-hybridized carbons (Fsp3) is 0.429. The number of anilines is 1. The van der Waals surface area contributed by atoms with Gasteiger partial charge in [-0.25, -0.2) is 4.39 Å². The molecule has 1 atom stereocenters. The average Bonchev–Trinajstić information content (AvgIpc) is 2.97. The Labute approximate surface area is 138 Å². The number of carbonyl (C=O) groups is 1. The number of benzene rings is 1. The second-order valence-corrected chi connectivity index (χ2v) is 7.22. The molecule has 0 unspecified atom stereocenters. The molecular formula is C14H16ClFN2OS2. The van der Waals surface area contributed by atoms with E-state index in [1.54, 1.807) is 6.92 Å². The van der Waals surface area contributed by atoms with Crippen molar-refractivity contribution in [1.29, 1.82) is 0 Å². The van der Waals surface area contributed by atoms with Gasteiger partial charge in [-0.2, -0.15) is 0 Å². The molecule has 1 amide bonds. The van der Waals surface area contributed by atoms with Crippen molar-refractivity contribution in [1.82, 2.24) is 4.90 Å². The summed E-state index contributed by atoms with van der Waals surface area (Å²) in [5.41, 5.74) is 0.478. The highest BCUT2D eigenvalue weighted by molar-refractivity contribution is 8.23. The Balaban J connectivity index is 1.89. The lowest BCUT2D eigenvalue weighted by Crippen LogP contribution is -2.29. The molecule has 1 aliphatic heterocycles. The van der Waals surface area contributed by atoms with E-state index < -0.39 is 5.82 Å². The van der Waals surface area contributed by atoms with Crippen molar-refractivity contribution in [3.63, 3.8) is 0 Å². The molecule has 0 radical (unpaired) electrons. The minimum absolute atomic E-state index is 0.0132. The predicted octanol–water partition coefficient (Wildman–Crippen LogP) is 3.92. The second-order valence-electron chi connectivity index (χ2n) is 4.84. The lowest BCUT2D eigenvalue weighted by Gasteiger charge is -2.20. The average molecular weight is 347 g/mol. The lowest BCUT2D eigenvalue weighted by atomic mass is 10.3. The van der Waals surface area contributed by atoms with Crippen molar-refractivity contribution < 1.29 is 9.18 Å². The number of nitrogens with zero attached hydrogens (tertiary/aromatic N) is 1. The van der Waals surface area contributed by atoms with Crippen LogP contribution in [0.15, 0.2) is 18.2 Å². The second kappa shape index (κ2) is 7.42. The SMILES string of the molecule is C[C@H](SC(=S)N1CCCC1)C(=O)Nc1ccc(F)c(Cl)c1. The van der Waals surface area contributed by atoms with E-state index in [1.807, 2.05) is 0 Å². The van der Waals surface area contributed by atoms with Gasteiger partial charge >= 0.3 is 0 Å². The van der Waals surface area contributed by atoms with Crippen LogP contribution in [0.4, 0.5) is 10.1 Å². The maximum atomic E-state index is 13.1. The molecule has 0 spiro atoms. The minimum atomic E-state index is -0.507. The first-order valence-corrected chi connectivity index (χ1v) is 8.35. The van der Waals surface area contributed by atoms with Crippen molar-refractivity contribution in [2.24, 2.45) is 0 Å². The summed E-state index contributed by atoms with van der Waals surface area (Å²) in [5.74, 6) is -0.684. The van der Waals surface area contributed by atoms with Crippen LogP contribution >= 0.6 is 35.6 Å². The van der Waals surface area contributed by atoms with Crippen LogP contribution in [-0.4, -0.2) is 33.5 Å². The fourth-order valence-corrected chi connectivity index (χ4v) is 3.59.